The Morgan fingerprint density at radius 3 is 2.03 bits per heavy atom. The van der Waals surface area contributed by atoms with E-state index in [0.29, 0.717) is 28.4 Å². The van der Waals surface area contributed by atoms with Crippen molar-refractivity contribution in [3.63, 3.8) is 0 Å². The Morgan fingerprint density at radius 1 is 0.862 bits per heavy atom. The first-order chi connectivity index (χ1) is 14.1. The third-order valence-electron chi connectivity index (χ3n) is 4.42. The van der Waals surface area contributed by atoms with Crippen LogP contribution in [-0.2, 0) is 4.79 Å². The molecule has 3 rings (SSSR count). The molecular formula is C24H22N2O3. The van der Waals surface area contributed by atoms with E-state index in [4.69, 9.17) is 4.74 Å². The minimum atomic E-state index is -1.04. The first-order valence-electron chi connectivity index (χ1n) is 9.23. The van der Waals surface area contributed by atoms with Gasteiger partial charge in [-0.1, -0.05) is 48.5 Å². The van der Waals surface area contributed by atoms with Gasteiger partial charge < -0.3 is 10.1 Å². The van der Waals surface area contributed by atoms with Crippen molar-refractivity contribution in [2.75, 3.05) is 12.4 Å². The van der Waals surface area contributed by atoms with Crippen molar-refractivity contribution in [1.29, 1.82) is 0 Å². The van der Waals surface area contributed by atoms with Crippen molar-refractivity contribution < 1.29 is 14.3 Å². The van der Waals surface area contributed by atoms with Gasteiger partial charge in [0.05, 0.1) is 12.8 Å². The average molecular weight is 386 g/mol. The zero-order valence-electron chi connectivity index (χ0n) is 16.3. The molecule has 0 radical (unpaired) electrons. The predicted molar refractivity (Wildman–Crippen MR) is 115 cm³/mol. The number of carbonyl (C=O) groups excluding carboxylic acids is 2. The summed E-state index contributed by atoms with van der Waals surface area (Å²) in [6, 6.07) is 25.0. The summed E-state index contributed by atoms with van der Waals surface area (Å²) in [5, 5.41) is 2.82. The Labute approximate surface area is 170 Å². The lowest BCUT2D eigenvalue weighted by Crippen LogP contribution is -2.35. The smallest absolute Gasteiger partial charge is 0.241 e. The molecule has 5 nitrogen and oxygen atoms in total. The second kappa shape index (κ2) is 9.46. The molecule has 0 saturated heterocycles. The number of ether oxygens (including phenoxy) is 1. The maximum atomic E-state index is 13.1. The molecule has 1 atom stereocenters. The molecule has 146 valence electrons. The molecular weight excluding hydrogens is 364 g/mol. The normalized spacial score (nSPS) is 12.1. The lowest BCUT2D eigenvalue weighted by molar-refractivity contribution is -0.117. The van der Waals surface area contributed by atoms with Gasteiger partial charge in [-0.15, -0.1) is 0 Å². The monoisotopic (exact) mass is 386 g/mol. The minimum absolute atomic E-state index is 0.297. The number of Topliss-reactive ketones (excluding diaryl/α,β-unsaturated/α-hetero) is 1. The number of hydrogen-bond acceptors (Lipinski definition) is 4. The second-order valence-electron chi connectivity index (χ2n) is 6.47. The Bertz CT molecular complexity index is 997. The summed E-state index contributed by atoms with van der Waals surface area (Å²) in [5.74, 6) is -1.05. The number of amides is 1. The summed E-state index contributed by atoms with van der Waals surface area (Å²) in [5.41, 5.74) is 2.14. The Kier molecular flexibility index (Phi) is 6.53. The second-order valence-corrected chi connectivity index (χ2v) is 6.47. The van der Waals surface area contributed by atoms with Crippen LogP contribution in [0.2, 0.25) is 0 Å². The van der Waals surface area contributed by atoms with Gasteiger partial charge in [-0.05, 0) is 43.3 Å². The molecule has 1 unspecified atom stereocenters. The molecule has 0 aliphatic carbocycles. The number of hydrogen-bond donors (Lipinski definition) is 1. The lowest BCUT2D eigenvalue weighted by Gasteiger charge is -2.16. The van der Waals surface area contributed by atoms with E-state index in [9.17, 15) is 9.59 Å². The molecule has 1 amide bonds. The van der Waals surface area contributed by atoms with E-state index in [0.717, 1.165) is 0 Å². The van der Waals surface area contributed by atoms with Crippen LogP contribution in [0.3, 0.4) is 0 Å². The summed E-state index contributed by atoms with van der Waals surface area (Å²) >= 11 is 0. The third-order valence-corrected chi connectivity index (χ3v) is 4.42. The van der Waals surface area contributed by atoms with Crippen LogP contribution in [0.5, 0.6) is 5.75 Å². The van der Waals surface area contributed by atoms with Gasteiger partial charge in [0, 0.05) is 17.0 Å². The van der Waals surface area contributed by atoms with Crippen molar-refractivity contribution >= 4 is 28.8 Å². The number of carbonyl (C=O) groups is 2. The van der Waals surface area contributed by atoms with Gasteiger partial charge in [0.1, 0.15) is 11.7 Å². The molecule has 1 N–H and O–H groups in total. The largest absolute Gasteiger partial charge is 0.497 e. The molecule has 0 aliphatic rings. The molecule has 0 bridgehead atoms. The fourth-order valence-corrected chi connectivity index (χ4v) is 2.93. The molecule has 0 fully saturated rings. The van der Waals surface area contributed by atoms with Gasteiger partial charge in [-0.25, -0.2) is 0 Å². The summed E-state index contributed by atoms with van der Waals surface area (Å²) in [6.07, 6.45) is 0. The van der Waals surface area contributed by atoms with Crippen LogP contribution in [0.25, 0.3) is 0 Å². The van der Waals surface area contributed by atoms with Crippen molar-refractivity contribution in [1.82, 2.24) is 0 Å². The van der Waals surface area contributed by atoms with Crippen LogP contribution in [0.15, 0.2) is 89.9 Å². The van der Waals surface area contributed by atoms with Crippen molar-refractivity contribution in [2.45, 2.75) is 6.92 Å². The van der Waals surface area contributed by atoms with Crippen LogP contribution < -0.4 is 10.1 Å². The number of rotatable bonds is 7. The maximum Gasteiger partial charge on any atom is 0.241 e. The third kappa shape index (κ3) is 5.17. The first-order valence-corrected chi connectivity index (χ1v) is 9.23. The minimum Gasteiger partial charge on any atom is -0.497 e. The van der Waals surface area contributed by atoms with E-state index in [2.05, 4.69) is 10.3 Å². The average Bonchev–Trinajstić information content (AvgIpc) is 2.75. The number of para-hydroxylation sites is 1. The van der Waals surface area contributed by atoms with E-state index in [-0.39, 0.29) is 5.78 Å². The first kappa shape index (κ1) is 20.0. The Hall–Kier alpha value is -3.73. The van der Waals surface area contributed by atoms with Crippen LogP contribution in [-0.4, -0.2) is 24.5 Å². The standard InChI is InChI=1S/C24H22N2O3/c1-17(25-20-13-15-21(29-2)16-14-20)22(23(27)18-9-5-3-6-10-18)24(28)26-19-11-7-4-8-12-19/h3-16,22H,1-2H3,(H,26,28). The Morgan fingerprint density at radius 2 is 1.45 bits per heavy atom. The fourth-order valence-electron chi connectivity index (χ4n) is 2.93. The fraction of sp³-hybridized carbons (Fsp3) is 0.125. The summed E-state index contributed by atoms with van der Waals surface area (Å²) < 4.78 is 5.16. The highest BCUT2D eigenvalue weighted by molar-refractivity contribution is 6.27. The van der Waals surface area contributed by atoms with E-state index < -0.39 is 11.8 Å². The van der Waals surface area contributed by atoms with Gasteiger partial charge in [-0.2, -0.15) is 0 Å². The molecule has 0 aromatic heterocycles. The predicted octanol–water partition coefficient (Wildman–Crippen LogP) is 4.93. The zero-order chi connectivity index (χ0) is 20.6. The zero-order valence-corrected chi connectivity index (χ0v) is 16.3. The van der Waals surface area contributed by atoms with E-state index >= 15 is 0 Å². The number of anilines is 1. The molecule has 0 aliphatic heterocycles. The number of nitrogens with one attached hydrogen (secondary N) is 1. The topological polar surface area (TPSA) is 67.8 Å². The highest BCUT2D eigenvalue weighted by atomic mass is 16.5. The highest BCUT2D eigenvalue weighted by Crippen LogP contribution is 2.21. The summed E-state index contributed by atoms with van der Waals surface area (Å²) in [6.45, 7) is 1.69. The maximum absolute atomic E-state index is 13.1. The van der Waals surface area contributed by atoms with Crippen molar-refractivity contribution in [3.05, 3.63) is 90.5 Å². The van der Waals surface area contributed by atoms with Crippen molar-refractivity contribution in [2.24, 2.45) is 10.9 Å². The molecule has 0 heterocycles. The molecule has 3 aromatic carbocycles. The molecule has 3 aromatic rings. The van der Waals surface area contributed by atoms with Gasteiger partial charge in [0.15, 0.2) is 5.78 Å². The summed E-state index contributed by atoms with van der Waals surface area (Å²) in [4.78, 5) is 30.7. The van der Waals surface area contributed by atoms with Gasteiger partial charge in [-0.3, -0.25) is 14.6 Å². The Balaban J connectivity index is 1.93. The van der Waals surface area contributed by atoms with E-state index in [1.807, 2.05) is 24.3 Å². The van der Waals surface area contributed by atoms with Crippen LogP contribution >= 0.6 is 0 Å². The number of nitrogens with zero attached hydrogens (tertiary/aromatic N) is 1. The lowest BCUT2D eigenvalue weighted by atomic mass is 9.92. The molecule has 0 saturated carbocycles. The molecule has 29 heavy (non-hydrogen) atoms. The van der Waals surface area contributed by atoms with Crippen LogP contribution in [0, 0.1) is 5.92 Å². The van der Waals surface area contributed by atoms with Gasteiger partial charge >= 0.3 is 0 Å². The summed E-state index contributed by atoms with van der Waals surface area (Å²) in [7, 11) is 1.59. The van der Waals surface area contributed by atoms with Crippen LogP contribution in [0.1, 0.15) is 17.3 Å². The van der Waals surface area contributed by atoms with Gasteiger partial charge in [0.25, 0.3) is 0 Å². The number of methoxy groups -OCH3 is 1. The molecule has 5 heteroatoms. The SMILES string of the molecule is COc1ccc(N=C(C)C(C(=O)Nc2ccccc2)C(=O)c2ccccc2)cc1. The van der Waals surface area contributed by atoms with E-state index in [1.165, 1.54) is 0 Å². The number of aliphatic imine (C=N–C) groups is 1. The van der Waals surface area contributed by atoms with Crippen molar-refractivity contribution in [3.8, 4) is 5.75 Å². The number of benzene rings is 3. The number of ketones is 1. The van der Waals surface area contributed by atoms with Crippen LogP contribution in [0.4, 0.5) is 11.4 Å². The van der Waals surface area contributed by atoms with Gasteiger partial charge in [0.2, 0.25) is 5.91 Å². The molecule has 0 spiro atoms. The quantitative estimate of drug-likeness (QED) is 0.356. The highest BCUT2D eigenvalue weighted by Gasteiger charge is 2.30. The van der Waals surface area contributed by atoms with E-state index in [1.54, 1.807) is 74.7 Å².